The molecule has 2 N–H and O–H groups in total. The summed E-state index contributed by atoms with van der Waals surface area (Å²) in [7, 11) is -3.32. The fourth-order valence-electron chi connectivity index (χ4n) is 2.76. The highest BCUT2D eigenvalue weighted by Gasteiger charge is 2.13. The van der Waals surface area contributed by atoms with Gasteiger partial charge in [0.15, 0.2) is 0 Å². The number of rotatable bonds is 15. The van der Waals surface area contributed by atoms with Gasteiger partial charge < -0.3 is 5.11 Å². The van der Waals surface area contributed by atoms with E-state index in [2.05, 4.69) is 16.6 Å². The molecule has 5 nitrogen and oxygen atoms in total. The Morgan fingerprint density at radius 1 is 0.960 bits per heavy atom. The van der Waals surface area contributed by atoms with Gasteiger partial charge in [0, 0.05) is 18.9 Å². The van der Waals surface area contributed by atoms with E-state index in [1.54, 1.807) is 24.5 Å². The Morgan fingerprint density at radius 3 is 2.04 bits per heavy atom. The second kappa shape index (κ2) is 13.3. The molecule has 1 unspecified atom stereocenters. The molecule has 0 radical (unpaired) electrons. The number of aliphatic hydroxyl groups is 1. The summed E-state index contributed by atoms with van der Waals surface area (Å²) in [4.78, 5) is 3.88. The molecule has 0 bridgehead atoms. The Labute approximate surface area is 153 Å². The first-order chi connectivity index (χ1) is 12.0. The van der Waals surface area contributed by atoms with Crippen LogP contribution in [0.3, 0.4) is 0 Å². The zero-order valence-corrected chi connectivity index (χ0v) is 16.3. The van der Waals surface area contributed by atoms with Crippen LogP contribution in [0.15, 0.2) is 24.5 Å². The molecule has 25 heavy (non-hydrogen) atoms. The van der Waals surface area contributed by atoms with E-state index in [1.165, 1.54) is 44.9 Å². The smallest absolute Gasteiger partial charge is 0.211 e. The van der Waals surface area contributed by atoms with E-state index in [0.29, 0.717) is 12.0 Å². The zero-order valence-electron chi connectivity index (χ0n) is 15.5. The predicted octanol–water partition coefficient (Wildman–Crippen LogP) is 3.96. The average molecular weight is 371 g/mol. The van der Waals surface area contributed by atoms with Gasteiger partial charge in [0.25, 0.3) is 0 Å². The van der Waals surface area contributed by atoms with Crippen molar-refractivity contribution in [3.63, 3.8) is 0 Å². The van der Waals surface area contributed by atoms with Gasteiger partial charge in [-0.3, -0.25) is 4.98 Å². The topological polar surface area (TPSA) is 79.3 Å². The lowest BCUT2D eigenvalue weighted by Gasteiger charge is -2.12. The van der Waals surface area contributed by atoms with Gasteiger partial charge in [-0.15, -0.1) is 0 Å². The highest BCUT2D eigenvalue weighted by Crippen LogP contribution is 2.12. The number of aromatic nitrogens is 1. The third kappa shape index (κ3) is 11.3. The number of pyridine rings is 1. The van der Waals surface area contributed by atoms with E-state index < -0.39 is 16.1 Å². The van der Waals surface area contributed by atoms with Crippen LogP contribution in [0.25, 0.3) is 0 Å². The summed E-state index contributed by atoms with van der Waals surface area (Å²) < 4.78 is 26.4. The molecular weight excluding hydrogens is 336 g/mol. The van der Waals surface area contributed by atoms with E-state index in [1.807, 2.05) is 0 Å². The Kier molecular flexibility index (Phi) is 11.7. The van der Waals surface area contributed by atoms with Gasteiger partial charge in [-0.2, -0.15) is 0 Å². The molecule has 0 saturated carbocycles. The summed E-state index contributed by atoms with van der Waals surface area (Å²) in [6.45, 7) is 2.23. The molecule has 0 aliphatic heterocycles. The number of hydrogen-bond acceptors (Lipinski definition) is 4. The number of nitrogens with one attached hydrogen (secondary N) is 1. The summed E-state index contributed by atoms with van der Waals surface area (Å²) in [5, 5.41) is 9.98. The number of unbranched alkanes of at least 4 members (excludes halogenated alkanes) is 9. The van der Waals surface area contributed by atoms with E-state index in [9.17, 15) is 13.5 Å². The summed E-state index contributed by atoms with van der Waals surface area (Å²) in [5.74, 6) is 0.132. The molecule has 144 valence electrons. The number of nitrogens with zero attached hydrogens (tertiary/aromatic N) is 1. The molecule has 0 saturated heterocycles. The summed E-state index contributed by atoms with van der Waals surface area (Å²) >= 11 is 0. The minimum absolute atomic E-state index is 0.00407. The lowest BCUT2D eigenvalue weighted by atomic mass is 10.1. The van der Waals surface area contributed by atoms with Crippen LogP contribution in [0.4, 0.5) is 0 Å². The van der Waals surface area contributed by atoms with Crippen LogP contribution >= 0.6 is 0 Å². The second-order valence-corrected chi connectivity index (χ2v) is 8.57. The maximum Gasteiger partial charge on any atom is 0.211 e. The van der Waals surface area contributed by atoms with E-state index in [0.717, 1.165) is 12.8 Å². The van der Waals surface area contributed by atoms with Crippen molar-refractivity contribution in [2.24, 2.45) is 0 Å². The predicted molar refractivity (Wildman–Crippen MR) is 103 cm³/mol. The first-order valence-electron chi connectivity index (χ1n) is 9.60. The van der Waals surface area contributed by atoms with Crippen molar-refractivity contribution < 1.29 is 13.5 Å². The number of hydrogen-bond donors (Lipinski definition) is 2. The van der Waals surface area contributed by atoms with Gasteiger partial charge in [0.05, 0.1) is 11.9 Å². The number of aliphatic hydroxyl groups excluding tert-OH is 1. The SMILES string of the molecule is CCCCCCCCCCCCS(=O)(=O)NCC(O)c1ccncc1. The van der Waals surface area contributed by atoms with Gasteiger partial charge in [0.2, 0.25) is 10.0 Å². The fraction of sp³-hybridized carbons (Fsp3) is 0.737. The molecular formula is C19H34N2O3S. The van der Waals surface area contributed by atoms with Crippen molar-refractivity contribution in [3.8, 4) is 0 Å². The molecule has 0 spiro atoms. The molecule has 0 amide bonds. The molecule has 1 rings (SSSR count). The Bertz CT molecular complexity index is 535. The highest BCUT2D eigenvalue weighted by molar-refractivity contribution is 7.89. The largest absolute Gasteiger partial charge is 0.387 e. The van der Waals surface area contributed by atoms with Crippen LogP contribution in [-0.4, -0.2) is 30.8 Å². The van der Waals surface area contributed by atoms with Crippen molar-refractivity contribution in [3.05, 3.63) is 30.1 Å². The first-order valence-corrected chi connectivity index (χ1v) is 11.3. The van der Waals surface area contributed by atoms with Crippen LogP contribution in [0.5, 0.6) is 0 Å². The average Bonchev–Trinajstić information content (AvgIpc) is 2.62. The van der Waals surface area contributed by atoms with Crippen LogP contribution in [0, 0.1) is 0 Å². The van der Waals surface area contributed by atoms with E-state index in [4.69, 9.17) is 0 Å². The van der Waals surface area contributed by atoms with Crippen LogP contribution in [-0.2, 0) is 10.0 Å². The summed E-state index contributed by atoms with van der Waals surface area (Å²) in [6.07, 6.45) is 14.1. The molecule has 1 heterocycles. The zero-order chi connectivity index (χ0) is 18.4. The van der Waals surface area contributed by atoms with E-state index in [-0.39, 0.29) is 12.3 Å². The minimum atomic E-state index is -3.32. The van der Waals surface area contributed by atoms with E-state index >= 15 is 0 Å². The molecule has 0 aliphatic rings. The molecule has 1 aromatic heterocycles. The van der Waals surface area contributed by atoms with Crippen LogP contribution in [0.1, 0.15) is 82.8 Å². The summed E-state index contributed by atoms with van der Waals surface area (Å²) in [6, 6.07) is 3.36. The highest BCUT2D eigenvalue weighted by atomic mass is 32.2. The van der Waals surface area contributed by atoms with Crippen molar-refractivity contribution in [1.82, 2.24) is 9.71 Å². The Balaban J connectivity index is 2.05. The van der Waals surface area contributed by atoms with Crippen LogP contribution in [0.2, 0.25) is 0 Å². The minimum Gasteiger partial charge on any atom is -0.387 e. The van der Waals surface area contributed by atoms with Gasteiger partial charge in [0.1, 0.15) is 0 Å². The molecule has 0 aromatic carbocycles. The Morgan fingerprint density at radius 2 is 1.48 bits per heavy atom. The lowest BCUT2D eigenvalue weighted by Crippen LogP contribution is -2.30. The number of sulfonamides is 1. The van der Waals surface area contributed by atoms with Crippen molar-refractivity contribution in [2.45, 2.75) is 77.2 Å². The summed E-state index contributed by atoms with van der Waals surface area (Å²) in [5.41, 5.74) is 0.664. The lowest BCUT2D eigenvalue weighted by molar-refractivity contribution is 0.182. The molecule has 1 aromatic rings. The first kappa shape index (κ1) is 22.1. The molecule has 0 fully saturated rings. The maximum atomic E-state index is 12.0. The van der Waals surface area contributed by atoms with Gasteiger partial charge >= 0.3 is 0 Å². The fourth-order valence-corrected chi connectivity index (χ4v) is 3.90. The maximum absolute atomic E-state index is 12.0. The van der Waals surface area contributed by atoms with Gasteiger partial charge in [-0.25, -0.2) is 13.1 Å². The second-order valence-electron chi connectivity index (χ2n) is 6.65. The quantitative estimate of drug-likeness (QED) is 0.458. The van der Waals surface area contributed by atoms with Crippen molar-refractivity contribution in [1.29, 1.82) is 0 Å². The van der Waals surface area contributed by atoms with Crippen molar-refractivity contribution in [2.75, 3.05) is 12.3 Å². The molecule has 0 aliphatic carbocycles. The monoisotopic (exact) mass is 370 g/mol. The third-order valence-electron chi connectivity index (χ3n) is 4.35. The van der Waals surface area contributed by atoms with Crippen molar-refractivity contribution >= 4 is 10.0 Å². The Hall–Kier alpha value is -0.980. The normalized spacial score (nSPS) is 13.0. The van der Waals surface area contributed by atoms with Gasteiger partial charge in [-0.1, -0.05) is 64.7 Å². The standard InChI is InChI=1S/C19H34N2O3S/c1-2-3-4-5-6-7-8-9-10-11-16-25(23,24)21-17-19(22)18-12-14-20-15-13-18/h12-15,19,21-22H,2-11,16-17H2,1H3. The molecule has 6 heteroatoms. The van der Waals surface area contributed by atoms with Gasteiger partial charge in [-0.05, 0) is 24.1 Å². The molecule has 1 atom stereocenters. The van der Waals surface area contributed by atoms with Crippen LogP contribution < -0.4 is 4.72 Å². The third-order valence-corrected chi connectivity index (χ3v) is 5.79.